The summed E-state index contributed by atoms with van der Waals surface area (Å²) >= 11 is 1.45. The second-order valence-electron chi connectivity index (χ2n) is 7.02. The Labute approximate surface area is 154 Å². The molecule has 1 aromatic rings. The minimum atomic E-state index is -2.73. The fourth-order valence-electron chi connectivity index (χ4n) is 3.61. The van der Waals surface area contributed by atoms with Crippen LogP contribution in [0, 0.1) is 0 Å². The van der Waals surface area contributed by atoms with Crippen molar-refractivity contribution in [1.82, 2.24) is 10.2 Å². The molecule has 1 amide bonds. The highest BCUT2D eigenvalue weighted by Gasteiger charge is 2.48. The number of nitrogens with one attached hydrogen (secondary N) is 1. The summed E-state index contributed by atoms with van der Waals surface area (Å²) < 4.78 is 18.9. The van der Waals surface area contributed by atoms with Crippen LogP contribution < -0.4 is 5.32 Å². The zero-order valence-corrected chi connectivity index (χ0v) is 17.0. The second kappa shape index (κ2) is 8.28. The summed E-state index contributed by atoms with van der Waals surface area (Å²) in [5, 5.41) is 4.88. The van der Waals surface area contributed by atoms with Gasteiger partial charge in [-0.15, -0.1) is 11.3 Å². The fourth-order valence-corrected chi connectivity index (χ4v) is 7.44. The van der Waals surface area contributed by atoms with Crippen molar-refractivity contribution in [2.75, 3.05) is 26.2 Å². The van der Waals surface area contributed by atoms with Gasteiger partial charge in [-0.25, -0.2) is 0 Å². The average molecular weight is 385 g/mol. The van der Waals surface area contributed by atoms with E-state index in [-0.39, 0.29) is 24.2 Å². The van der Waals surface area contributed by atoms with Gasteiger partial charge in [0.05, 0.1) is 23.2 Å². The van der Waals surface area contributed by atoms with E-state index in [4.69, 9.17) is 13.3 Å². The summed E-state index contributed by atoms with van der Waals surface area (Å²) in [5.41, 5.74) is 0. The molecular weight excluding hydrogens is 356 g/mol. The number of fused-ring (bicyclic) bond motifs is 6. The number of amides is 1. The van der Waals surface area contributed by atoms with Crippen molar-refractivity contribution in [3.8, 4) is 0 Å². The molecule has 0 saturated carbocycles. The number of carbonyl (C=O) groups is 1. The molecule has 4 heterocycles. The van der Waals surface area contributed by atoms with E-state index < -0.39 is 8.80 Å². The van der Waals surface area contributed by atoms with Gasteiger partial charge in [-0.05, 0) is 38.6 Å². The van der Waals surface area contributed by atoms with E-state index in [2.05, 4.69) is 31.0 Å². The molecule has 0 spiro atoms. The number of carbonyl (C=O) groups excluding carboxylic acids is 1. The molecule has 0 radical (unpaired) electrons. The van der Waals surface area contributed by atoms with E-state index >= 15 is 0 Å². The minimum absolute atomic E-state index is 0.0157. The number of hydrogen-bond donors (Lipinski definition) is 1. The number of hydrogen-bond acceptors (Lipinski definition) is 6. The van der Waals surface area contributed by atoms with E-state index in [1.807, 2.05) is 17.5 Å². The van der Waals surface area contributed by atoms with Crippen LogP contribution in [0.3, 0.4) is 0 Å². The summed E-state index contributed by atoms with van der Waals surface area (Å²) in [6.07, 6.45) is 1.10. The maximum Gasteiger partial charge on any atom is 0.501 e. The van der Waals surface area contributed by atoms with Gasteiger partial charge >= 0.3 is 8.80 Å². The third-order valence-electron chi connectivity index (χ3n) is 4.38. The van der Waals surface area contributed by atoms with Crippen molar-refractivity contribution >= 4 is 26.0 Å². The first-order chi connectivity index (χ1) is 12.0. The van der Waals surface area contributed by atoms with Gasteiger partial charge in [0.15, 0.2) is 0 Å². The lowest BCUT2D eigenvalue weighted by molar-refractivity contribution is -0.0790. The van der Waals surface area contributed by atoms with Gasteiger partial charge in [0.1, 0.15) is 0 Å². The smallest absolute Gasteiger partial charge is 0.369 e. The molecule has 0 aliphatic carbocycles. The van der Waals surface area contributed by atoms with Crippen molar-refractivity contribution in [2.24, 2.45) is 0 Å². The third kappa shape index (κ3) is 5.12. The number of thiophene rings is 1. The van der Waals surface area contributed by atoms with Gasteiger partial charge in [-0.2, -0.15) is 0 Å². The monoisotopic (exact) mass is 384 g/mol. The van der Waals surface area contributed by atoms with Crippen LogP contribution in [0.25, 0.3) is 0 Å². The minimum Gasteiger partial charge on any atom is -0.369 e. The number of nitrogens with zero attached hydrogens (tertiary/aromatic N) is 1. The van der Waals surface area contributed by atoms with E-state index in [0.717, 1.165) is 37.0 Å². The van der Waals surface area contributed by atoms with Crippen molar-refractivity contribution in [3.63, 3.8) is 0 Å². The Morgan fingerprint density at radius 1 is 1.20 bits per heavy atom. The lowest BCUT2D eigenvalue weighted by Crippen LogP contribution is -2.61. The van der Waals surface area contributed by atoms with Crippen molar-refractivity contribution in [3.05, 3.63) is 22.4 Å². The molecule has 3 aliphatic heterocycles. The number of rotatable bonds is 5. The summed E-state index contributed by atoms with van der Waals surface area (Å²) in [7, 11) is -2.73. The van der Waals surface area contributed by atoms with Gasteiger partial charge in [-0.1, -0.05) is 6.07 Å². The van der Waals surface area contributed by atoms with Gasteiger partial charge in [0.2, 0.25) is 0 Å². The zero-order valence-electron chi connectivity index (χ0n) is 15.2. The van der Waals surface area contributed by atoms with Crippen LogP contribution in [0.4, 0.5) is 0 Å². The van der Waals surface area contributed by atoms with Crippen LogP contribution in [0.15, 0.2) is 17.5 Å². The van der Waals surface area contributed by atoms with Crippen molar-refractivity contribution in [2.45, 2.75) is 51.5 Å². The van der Waals surface area contributed by atoms with Crippen molar-refractivity contribution < 1.29 is 18.1 Å². The normalized spacial score (nSPS) is 35.6. The molecule has 3 saturated heterocycles. The van der Waals surface area contributed by atoms with Gasteiger partial charge in [-0.3, -0.25) is 9.69 Å². The Bertz CT molecular complexity index is 535. The summed E-state index contributed by atoms with van der Waals surface area (Å²) in [6, 6.07) is 4.46. The topological polar surface area (TPSA) is 60.0 Å². The van der Waals surface area contributed by atoms with Crippen LogP contribution in [-0.2, 0) is 13.3 Å². The Morgan fingerprint density at radius 3 is 2.32 bits per heavy atom. The molecule has 1 N–H and O–H groups in total. The predicted octanol–water partition coefficient (Wildman–Crippen LogP) is 2.35. The van der Waals surface area contributed by atoms with Gasteiger partial charge < -0.3 is 18.6 Å². The first-order valence-corrected chi connectivity index (χ1v) is 11.8. The molecule has 3 unspecified atom stereocenters. The summed E-state index contributed by atoms with van der Waals surface area (Å²) in [6.45, 7) is 9.64. The SMILES string of the molecule is CC1CN2CC(C)O[Si](CCCNC(=O)c3cccs3)(O1)OC(C)C2. The summed E-state index contributed by atoms with van der Waals surface area (Å²) in [5.74, 6) is -0.0157. The highest BCUT2D eigenvalue weighted by molar-refractivity contribution is 7.12. The molecule has 3 aliphatic rings. The van der Waals surface area contributed by atoms with Crippen LogP contribution in [0.1, 0.15) is 36.9 Å². The predicted molar refractivity (Wildman–Crippen MR) is 99.9 cm³/mol. The Balaban J connectivity index is 1.58. The summed E-state index contributed by atoms with van der Waals surface area (Å²) in [4.78, 5) is 15.1. The van der Waals surface area contributed by atoms with Crippen LogP contribution >= 0.6 is 11.3 Å². The second-order valence-corrected chi connectivity index (χ2v) is 10.5. The van der Waals surface area contributed by atoms with Crippen LogP contribution in [-0.4, -0.2) is 64.1 Å². The Hall–Kier alpha value is -0.773. The molecule has 25 heavy (non-hydrogen) atoms. The maximum absolute atomic E-state index is 12.0. The maximum atomic E-state index is 12.0. The molecule has 8 heteroatoms. The first kappa shape index (κ1) is 19.0. The Morgan fingerprint density at radius 2 is 1.80 bits per heavy atom. The lowest BCUT2D eigenvalue weighted by atomic mass is 10.2. The third-order valence-corrected chi connectivity index (χ3v) is 8.50. The first-order valence-electron chi connectivity index (χ1n) is 9.03. The molecule has 3 fully saturated rings. The van der Waals surface area contributed by atoms with Crippen molar-refractivity contribution in [1.29, 1.82) is 0 Å². The van der Waals surface area contributed by atoms with Gasteiger partial charge in [0.25, 0.3) is 5.91 Å². The van der Waals surface area contributed by atoms with Crippen LogP contribution in [0.2, 0.25) is 6.04 Å². The van der Waals surface area contributed by atoms with E-state index in [1.165, 1.54) is 11.3 Å². The fraction of sp³-hybridized carbons (Fsp3) is 0.706. The zero-order chi connectivity index (χ0) is 17.9. The molecule has 0 aromatic carbocycles. The standard InChI is InChI=1S/C17H28N2O4SSi/c1-13-10-19-11-14(2)22-25(21-13,23-15(3)12-19)9-5-7-18-17(20)16-6-4-8-24-16/h4,6,8,13-15H,5,7,9-12H2,1-3H3,(H,18,20). The largest absolute Gasteiger partial charge is 0.501 e. The highest BCUT2D eigenvalue weighted by atomic mass is 32.1. The molecule has 140 valence electrons. The van der Waals surface area contributed by atoms with E-state index in [1.54, 1.807) is 0 Å². The molecule has 4 rings (SSSR count). The molecule has 6 nitrogen and oxygen atoms in total. The molecular formula is C17H28N2O4SSi. The molecule has 1 aromatic heterocycles. The highest BCUT2D eigenvalue weighted by Crippen LogP contribution is 2.28. The van der Waals surface area contributed by atoms with E-state index in [0.29, 0.717) is 6.54 Å². The van der Waals surface area contributed by atoms with Gasteiger partial charge in [0, 0.05) is 32.2 Å². The molecule has 2 bridgehead atoms. The quantitative estimate of drug-likeness (QED) is 0.624. The van der Waals surface area contributed by atoms with E-state index in [9.17, 15) is 4.79 Å². The Kier molecular flexibility index (Phi) is 6.29. The average Bonchev–Trinajstić information content (AvgIpc) is 3.02. The molecule has 3 atom stereocenters. The van der Waals surface area contributed by atoms with Crippen LogP contribution in [0.5, 0.6) is 0 Å². The lowest BCUT2D eigenvalue weighted by Gasteiger charge is -2.45.